The van der Waals surface area contributed by atoms with E-state index in [1.165, 1.54) is 7.05 Å². The van der Waals surface area contributed by atoms with Gasteiger partial charge in [0.1, 0.15) is 17.5 Å². The normalized spacial score (nSPS) is 15.0. The van der Waals surface area contributed by atoms with E-state index in [0.717, 1.165) is 37.4 Å². The van der Waals surface area contributed by atoms with Gasteiger partial charge in [0, 0.05) is 25.1 Å². The van der Waals surface area contributed by atoms with Gasteiger partial charge in [0.05, 0.1) is 5.75 Å². The molecule has 1 aromatic heterocycles. The molecule has 3 N–H and O–H groups in total. The van der Waals surface area contributed by atoms with Crippen LogP contribution in [0, 0.1) is 0 Å². The highest BCUT2D eigenvalue weighted by atomic mass is 32.2. The number of anilines is 2. The van der Waals surface area contributed by atoms with Crippen LogP contribution in [0.1, 0.15) is 37.9 Å². The first-order chi connectivity index (χ1) is 10.0. The molecule has 0 radical (unpaired) electrons. The smallest absolute Gasteiger partial charge is 0.213 e. The van der Waals surface area contributed by atoms with E-state index < -0.39 is 10.0 Å². The van der Waals surface area contributed by atoms with Crippen LogP contribution in [0.25, 0.3) is 0 Å². The van der Waals surface area contributed by atoms with Gasteiger partial charge in [-0.3, -0.25) is 0 Å². The molecule has 0 amide bonds. The zero-order valence-corrected chi connectivity index (χ0v) is 13.3. The maximum Gasteiger partial charge on any atom is 0.213 e. The van der Waals surface area contributed by atoms with Crippen LogP contribution in [0.15, 0.2) is 6.07 Å². The van der Waals surface area contributed by atoms with Crippen LogP contribution >= 0.6 is 0 Å². The molecular weight excluding hydrogens is 290 g/mol. The quantitative estimate of drug-likeness (QED) is 0.632. The van der Waals surface area contributed by atoms with Crippen molar-refractivity contribution in [3.63, 3.8) is 0 Å². The van der Waals surface area contributed by atoms with E-state index in [9.17, 15) is 8.42 Å². The molecule has 0 aromatic carbocycles. The second-order valence-corrected chi connectivity index (χ2v) is 7.19. The van der Waals surface area contributed by atoms with E-state index in [0.29, 0.717) is 18.3 Å². The van der Waals surface area contributed by atoms with Crippen LogP contribution in [-0.2, 0) is 10.0 Å². The first kappa shape index (κ1) is 16.0. The van der Waals surface area contributed by atoms with Crippen LogP contribution in [0.5, 0.6) is 0 Å². The first-order valence-corrected chi connectivity index (χ1v) is 8.97. The van der Waals surface area contributed by atoms with Gasteiger partial charge in [0.2, 0.25) is 10.0 Å². The van der Waals surface area contributed by atoms with Gasteiger partial charge in [0.15, 0.2) is 0 Å². The third kappa shape index (κ3) is 5.13. The Labute approximate surface area is 126 Å². The van der Waals surface area contributed by atoms with Gasteiger partial charge < -0.3 is 10.6 Å². The lowest BCUT2D eigenvalue weighted by Crippen LogP contribution is -2.26. The van der Waals surface area contributed by atoms with Gasteiger partial charge in [-0.25, -0.2) is 23.1 Å². The Kier molecular flexibility index (Phi) is 5.35. The zero-order chi connectivity index (χ0) is 15.3. The molecule has 1 saturated carbocycles. The van der Waals surface area contributed by atoms with Crippen molar-refractivity contribution in [3.05, 3.63) is 11.9 Å². The molecule has 118 valence electrons. The Morgan fingerprint density at radius 1 is 1.19 bits per heavy atom. The Morgan fingerprint density at radius 3 is 2.33 bits per heavy atom. The van der Waals surface area contributed by atoms with Gasteiger partial charge in [-0.15, -0.1) is 0 Å². The highest BCUT2D eigenvalue weighted by Crippen LogP contribution is 2.38. The molecule has 0 saturated heterocycles. The lowest BCUT2D eigenvalue weighted by atomic mass is 10.3. The topological polar surface area (TPSA) is 96.0 Å². The fraction of sp³-hybridized carbons (Fsp3) is 0.692. The Hall–Kier alpha value is -1.41. The summed E-state index contributed by atoms with van der Waals surface area (Å²) >= 11 is 0. The molecule has 21 heavy (non-hydrogen) atoms. The van der Waals surface area contributed by atoms with E-state index in [2.05, 4.69) is 32.2 Å². The minimum atomic E-state index is -3.20. The van der Waals surface area contributed by atoms with Crippen LogP contribution in [0.3, 0.4) is 0 Å². The largest absolute Gasteiger partial charge is 0.370 e. The summed E-state index contributed by atoms with van der Waals surface area (Å²) in [6, 6.07) is 1.83. The van der Waals surface area contributed by atoms with Crippen LogP contribution in [0.4, 0.5) is 11.6 Å². The van der Waals surface area contributed by atoms with E-state index in [1.807, 2.05) is 6.07 Å². The number of aromatic nitrogens is 2. The van der Waals surface area contributed by atoms with Crippen molar-refractivity contribution in [2.45, 2.75) is 32.1 Å². The maximum atomic E-state index is 11.4. The molecule has 0 bridgehead atoms. The number of sulfonamides is 1. The summed E-state index contributed by atoms with van der Waals surface area (Å²) in [5, 5.41) is 6.32. The van der Waals surface area contributed by atoms with Gasteiger partial charge >= 0.3 is 0 Å². The van der Waals surface area contributed by atoms with E-state index in [4.69, 9.17) is 0 Å². The molecule has 1 aliphatic carbocycles. The number of nitrogens with zero attached hydrogens (tertiary/aromatic N) is 2. The molecule has 0 aliphatic heterocycles. The lowest BCUT2D eigenvalue weighted by Gasteiger charge is -2.11. The molecule has 1 aromatic rings. The van der Waals surface area contributed by atoms with Crippen molar-refractivity contribution in [1.29, 1.82) is 0 Å². The van der Waals surface area contributed by atoms with Crippen molar-refractivity contribution in [3.8, 4) is 0 Å². The predicted molar refractivity (Wildman–Crippen MR) is 84.1 cm³/mol. The van der Waals surface area contributed by atoms with Crippen LogP contribution < -0.4 is 15.4 Å². The highest BCUT2D eigenvalue weighted by Gasteiger charge is 2.27. The zero-order valence-electron chi connectivity index (χ0n) is 12.5. The summed E-state index contributed by atoms with van der Waals surface area (Å²) in [6.07, 6.45) is 3.28. The van der Waals surface area contributed by atoms with Crippen molar-refractivity contribution in [2.75, 3.05) is 36.5 Å². The number of hydrogen-bond donors (Lipinski definition) is 3. The average molecular weight is 313 g/mol. The number of rotatable bonds is 9. The molecule has 0 spiro atoms. The second-order valence-electron chi connectivity index (χ2n) is 5.15. The average Bonchev–Trinajstić information content (AvgIpc) is 3.29. The molecule has 0 unspecified atom stereocenters. The molecule has 7 nitrogen and oxygen atoms in total. The van der Waals surface area contributed by atoms with E-state index in [-0.39, 0.29) is 5.75 Å². The summed E-state index contributed by atoms with van der Waals surface area (Å²) in [7, 11) is -1.78. The fourth-order valence-corrected chi connectivity index (χ4v) is 2.41. The van der Waals surface area contributed by atoms with Crippen molar-refractivity contribution in [2.24, 2.45) is 0 Å². The van der Waals surface area contributed by atoms with Gasteiger partial charge in [0.25, 0.3) is 0 Å². The van der Waals surface area contributed by atoms with Gasteiger partial charge in [-0.2, -0.15) is 0 Å². The molecule has 2 rings (SSSR count). The van der Waals surface area contributed by atoms with Crippen molar-refractivity contribution < 1.29 is 8.42 Å². The second kappa shape index (κ2) is 7.04. The standard InChI is InChI=1S/C13H23N5O2S/c1-3-6-15-11-9-12(16-7-8-21(19,20)14-2)18-13(17-11)10-4-5-10/h9-10,14H,3-8H2,1-2H3,(H2,15,16,17,18). The third-order valence-electron chi connectivity index (χ3n) is 3.23. The maximum absolute atomic E-state index is 11.4. The van der Waals surface area contributed by atoms with E-state index >= 15 is 0 Å². The summed E-state index contributed by atoms with van der Waals surface area (Å²) in [6.45, 7) is 3.27. The Morgan fingerprint density at radius 2 is 1.81 bits per heavy atom. The number of hydrogen-bond acceptors (Lipinski definition) is 6. The first-order valence-electron chi connectivity index (χ1n) is 7.32. The van der Waals surface area contributed by atoms with Gasteiger partial charge in [-0.1, -0.05) is 6.92 Å². The van der Waals surface area contributed by atoms with E-state index in [1.54, 1.807) is 0 Å². The highest BCUT2D eigenvalue weighted by molar-refractivity contribution is 7.89. The lowest BCUT2D eigenvalue weighted by molar-refractivity contribution is 0.588. The Balaban J connectivity index is 2.01. The molecule has 1 fully saturated rings. The van der Waals surface area contributed by atoms with Crippen LogP contribution in [-0.4, -0.2) is 44.3 Å². The van der Waals surface area contributed by atoms with Gasteiger partial charge in [-0.05, 0) is 26.3 Å². The SMILES string of the molecule is CCCNc1cc(NCCS(=O)(=O)NC)nc(C2CC2)n1. The summed E-state index contributed by atoms with van der Waals surface area (Å²) in [4.78, 5) is 8.98. The van der Waals surface area contributed by atoms with Crippen LogP contribution in [0.2, 0.25) is 0 Å². The predicted octanol–water partition coefficient (Wildman–Crippen LogP) is 1.14. The monoisotopic (exact) mass is 313 g/mol. The fourth-order valence-electron chi connectivity index (χ4n) is 1.84. The molecular formula is C13H23N5O2S. The number of nitrogens with one attached hydrogen (secondary N) is 3. The summed E-state index contributed by atoms with van der Waals surface area (Å²) < 4.78 is 25.1. The summed E-state index contributed by atoms with van der Waals surface area (Å²) in [5.41, 5.74) is 0. The minimum Gasteiger partial charge on any atom is -0.370 e. The van der Waals surface area contributed by atoms with Crippen molar-refractivity contribution >= 4 is 21.7 Å². The summed E-state index contributed by atoms with van der Waals surface area (Å²) in [5.74, 6) is 2.79. The Bertz CT molecular complexity index is 572. The molecule has 8 heteroatoms. The molecule has 1 aliphatic rings. The third-order valence-corrected chi connectivity index (χ3v) is 4.59. The molecule has 1 heterocycles. The minimum absolute atomic E-state index is 0.0178. The molecule has 0 atom stereocenters. The van der Waals surface area contributed by atoms with Crippen molar-refractivity contribution in [1.82, 2.24) is 14.7 Å².